The van der Waals surface area contributed by atoms with Crippen LogP contribution in [0.2, 0.25) is 0 Å². The van der Waals surface area contributed by atoms with Crippen molar-refractivity contribution in [2.24, 2.45) is 0 Å². The molecular weight excluding hydrogens is 316 g/mol. The average Bonchev–Trinajstić information content (AvgIpc) is 2.48. The smallest absolute Gasteiger partial charge is 0.363 e. The van der Waals surface area contributed by atoms with Gasteiger partial charge in [-0.15, -0.1) is 0 Å². The van der Waals surface area contributed by atoms with E-state index in [1.807, 2.05) is 0 Å². The molecule has 0 saturated heterocycles. The van der Waals surface area contributed by atoms with Crippen LogP contribution in [0.1, 0.15) is 12.5 Å². The second kappa shape index (κ2) is 5.93. The largest absolute Gasteiger partial charge is 0.379 e. The molecule has 2 aromatic rings. The third kappa shape index (κ3) is 2.98. The van der Waals surface area contributed by atoms with Crippen molar-refractivity contribution in [1.82, 2.24) is 0 Å². The number of thioether (sulfide) groups is 1. The number of hydrogen-bond acceptors (Lipinski definition) is 2. The molecule has 0 amide bonds. The number of alkyl halides is 4. The molecule has 0 aliphatic rings. The van der Waals surface area contributed by atoms with Gasteiger partial charge in [0.2, 0.25) is 0 Å². The van der Waals surface area contributed by atoms with Gasteiger partial charge < -0.3 is 5.11 Å². The topological polar surface area (TPSA) is 20.2 Å². The van der Waals surface area contributed by atoms with Crippen molar-refractivity contribution in [2.45, 2.75) is 28.6 Å². The van der Waals surface area contributed by atoms with Gasteiger partial charge >= 0.3 is 11.2 Å². The fourth-order valence-electron chi connectivity index (χ4n) is 1.93. The lowest BCUT2D eigenvalue weighted by Gasteiger charge is -2.37. The third-order valence-corrected chi connectivity index (χ3v) is 4.32. The molecule has 1 unspecified atom stereocenters. The summed E-state index contributed by atoms with van der Waals surface area (Å²) in [7, 11) is 0. The molecule has 0 aliphatic carbocycles. The molecule has 1 atom stereocenters. The summed E-state index contributed by atoms with van der Waals surface area (Å²) in [6, 6.07) is 13.9. The SMILES string of the molecule is CC(O)(c1ccccc1)C(F)(F)C(F)(F)Sc1ccccc1. The van der Waals surface area contributed by atoms with Crippen molar-refractivity contribution >= 4 is 11.8 Å². The summed E-state index contributed by atoms with van der Waals surface area (Å²) >= 11 is -0.269. The minimum Gasteiger partial charge on any atom is -0.379 e. The van der Waals surface area contributed by atoms with Gasteiger partial charge in [-0.3, -0.25) is 0 Å². The van der Waals surface area contributed by atoms with E-state index in [0.717, 1.165) is 0 Å². The predicted octanol–water partition coefficient (Wildman–Crippen LogP) is 4.91. The first-order valence-corrected chi connectivity index (χ1v) is 7.28. The van der Waals surface area contributed by atoms with E-state index in [2.05, 4.69) is 0 Å². The summed E-state index contributed by atoms with van der Waals surface area (Å²) < 4.78 is 56.9. The Labute approximate surface area is 130 Å². The molecule has 0 fully saturated rings. The van der Waals surface area contributed by atoms with Crippen molar-refractivity contribution in [3.05, 3.63) is 66.2 Å². The van der Waals surface area contributed by atoms with E-state index in [9.17, 15) is 22.7 Å². The van der Waals surface area contributed by atoms with Gasteiger partial charge in [-0.1, -0.05) is 48.5 Å². The van der Waals surface area contributed by atoms with Crippen molar-refractivity contribution in [3.8, 4) is 0 Å². The number of hydrogen-bond donors (Lipinski definition) is 1. The lowest BCUT2D eigenvalue weighted by Crippen LogP contribution is -2.53. The predicted molar refractivity (Wildman–Crippen MR) is 78.2 cm³/mol. The first-order valence-electron chi connectivity index (χ1n) is 6.46. The Morgan fingerprint density at radius 2 is 1.27 bits per heavy atom. The highest BCUT2D eigenvalue weighted by Crippen LogP contribution is 2.54. The second-order valence-corrected chi connectivity index (χ2v) is 6.13. The number of benzene rings is 2. The van der Waals surface area contributed by atoms with E-state index in [1.165, 1.54) is 48.5 Å². The maximum absolute atomic E-state index is 14.3. The van der Waals surface area contributed by atoms with Crippen LogP contribution in [0.15, 0.2) is 65.6 Å². The lowest BCUT2D eigenvalue weighted by molar-refractivity contribution is -0.255. The van der Waals surface area contributed by atoms with Gasteiger partial charge in [0.1, 0.15) is 0 Å². The second-order valence-electron chi connectivity index (χ2n) is 4.94. The third-order valence-electron chi connectivity index (χ3n) is 3.30. The normalized spacial score (nSPS) is 15.4. The molecule has 6 heteroatoms. The fourth-order valence-corrected chi connectivity index (χ4v) is 2.84. The summed E-state index contributed by atoms with van der Waals surface area (Å²) in [5.74, 6) is -4.66. The Bertz CT molecular complexity index is 615. The Kier molecular flexibility index (Phi) is 4.54. The fraction of sp³-hybridized carbons (Fsp3) is 0.250. The Morgan fingerprint density at radius 1 is 0.818 bits per heavy atom. The molecule has 22 heavy (non-hydrogen) atoms. The van der Waals surface area contributed by atoms with Crippen LogP contribution in [0.25, 0.3) is 0 Å². The van der Waals surface area contributed by atoms with Gasteiger partial charge in [-0.2, -0.15) is 17.6 Å². The highest BCUT2D eigenvalue weighted by molar-refractivity contribution is 8.00. The van der Waals surface area contributed by atoms with Crippen molar-refractivity contribution in [3.63, 3.8) is 0 Å². The van der Waals surface area contributed by atoms with Gasteiger partial charge in [0, 0.05) is 4.90 Å². The molecule has 0 radical (unpaired) electrons. The molecule has 1 N–H and O–H groups in total. The van der Waals surface area contributed by atoms with Crippen LogP contribution in [0.4, 0.5) is 17.6 Å². The highest BCUT2D eigenvalue weighted by atomic mass is 32.2. The summed E-state index contributed by atoms with van der Waals surface area (Å²) in [6.45, 7) is 0.696. The monoisotopic (exact) mass is 330 g/mol. The minimum atomic E-state index is -4.66. The van der Waals surface area contributed by atoms with E-state index >= 15 is 0 Å². The van der Waals surface area contributed by atoms with Crippen LogP contribution in [0.5, 0.6) is 0 Å². The van der Waals surface area contributed by atoms with Crippen LogP contribution in [-0.2, 0) is 5.60 Å². The minimum absolute atomic E-state index is 0.00367. The van der Waals surface area contributed by atoms with Crippen LogP contribution in [0, 0.1) is 0 Å². The molecule has 2 rings (SSSR count). The van der Waals surface area contributed by atoms with Gasteiger partial charge in [0.05, 0.1) is 0 Å². The zero-order chi connectivity index (χ0) is 16.4. The first-order chi connectivity index (χ1) is 10.2. The molecule has 0 aliphatic heterocycles. The number of halogens is 4. The molecule has 0 spiro atoms. The number of rotatable bonds is 5. The van der Waals surface area contributed by atoms with E-state index in [1.54, 1.807) is 12.1 Å². The molecule has 118 valence electrons. The molecule has 0 aromatic heterocycles. The van der Waals surface area contributed by atoms with Crippen LogP contribution < -0.4 is 0 Å². The van der Waals surface area contributed by atoms with Gasteiger partial charge in [0.15, 0.2) is 5.60 Å². The first kappa shape index (κ1) is 16.8. The Hall–Kier alpha value is -1.53. The summed E-state index contributed by atoms with van der Waals surface area (Å²) in [4.78, 5) is -0.00367. The summed E-state index contributed by atoms with van der Waals surface area (Å²) in [6.07, 6.45) is 0. The van der Waals surface area contributed by atoms with E-state index < -0.39 is 16.8 Å². The summed E-state index contributed by atoms with van der Waals surface area (Å²) in [5.41, 5.74) is -3.27. The lowest BCUT2D eigenvalue weighted by atomic mass is 9.89. The van der Waals surface area contributed by atoms with Crippen molar-refractivity contribution in [1.29, 1.82) is 0 Å². The number of aliphatic hydroxyl groups is 1. The van der Waals surface area contributed by atoms with Crippen molar-refractivity contribution < 1.29 is 22.7 Å². The maximum atomic E-state index is 14.3. The van der Waals surface area contributed by atoms with Gasteiger partial charge in [-0.25, -0.2) is 0 Å². The molecule has 0 bridgehead atoms. The van der Waals surface area contributed by atoms with Crippen LogP contribution in [-0.4, -0.2) is 16.3 Å². The average molecular weight is 330 g/mol. The summed E-state index contributed by atoms with van der Waals surface area (Å²) in [5, 5.41) is 5.61. The molecule has 2 aromatic carbocycles. The van der Waals surface area contributed by atoms with E-state index in [-0.39, 0.29) is 22.2 Å². The molecule has 1 nitrogen and oxygen atoms in total. The Morgan fingerprint density at radius 3 is 1.77 bits per heavy atom. The molecule has 0 saturated carbocycles. The van der Waals surface area contributed by atoms with Crippen LogP contribution >= 0.6 is 11.8 Å². The zero-order valence-corrected chi connectivity index (χ0v) is 12.5. The highest BCUT2D eigenvalue weighted by Gasteiger charge is 2.67. The maximum Gasteiger partial charge on any atom is 0.363 e. The van der Waals surface area contributed by atoms with E-state index in [4.69, 9.17) is 0 Å². The Balaban J connectivity index is 2.35. The van der Waals surface area contributed by atoms with Crippen LogP contribution in [0.3, 0.4) is 0 Å². The van der Waals surface area contributed by atoms with Crippen molar-refractivity contribution in [2.75, 3.05) is 0 Å². The van der Waals surface area contributed by atoms with E-state index in [0.29, 0.717) is 6.92 Å². The zero-order valence-electron chi connectivity index (χ0n) is 11.6. The standard InChI is InChI=1S/C16H14F4OS/c1-14(21,12-8-4-2-5-9-12)15(17,18)16(19,20)22-13-10-6-3-7-11-13/h2-11,21H,1H3. The van der Waals surface area contributed by atoms with Gasteiger partial charge in [-0.05, 0) is 36.4 Å². The quantitative estimate of drug-likeness (QED) is 0.621. The molecular formula is C16H14F4OS. The molecule has 0 heterocycles. The van der Waals surface area contributed by atoms with Gasteiger partial charge in [0.25, 0.3) is 0 Å².